The summed E-state index contributed by atoms with van der Waals surface area (Å²) in [4.78, 5) is 40.5. The van der Waals surface area contributed by atoms with Gasteiger partial charge in [-0.25, -0.2) is 15.0 Å². The topological polar surface area (TPSA) is 109 Å². The lowest BCUT2D eigenvalue weighted by Gasteiger charge is -2.44. The minimum atomic E-state index is -1.87. The van der Waals surface area contributed by atoms with Crippen LogP contribution in [0.15, 0.2) is 79.6 Å². The molecule has 0 aliphatic carbocycles. The summed E-state index contributed by atoms with van der Waals surface area (Å²) in [6.45, 7) is 13.9. The van der Waals surface area contributed by atoms with Crippen molar-refractivity contribution in [2.75, 3.05) is 0 Å². The molecule has 8 nitrogen and oxygen atoms in total. The van der Waals surface area contributed by atoms with Crippen molar-refractivity contribution in [1.29, 1.82) is 0 Å². The number of rotatable bonds is 6. The van der Waals surface area contributed by atoms with Gasteiger partial charge in [0.15, 0.2) is 20.8 Å². The van der Waals surface area contributed by atoms with Crippen LogP contribution in [0.1, 0.15) is 62.3 Å². The van der Waals surface area contributed by atoms with Crippen LogP contribution in [-0.2, 0) is 0 Å². The van der Waals surface area contributed by atoms with E-state index in [0.717, 1.165) is 51.2 Å². The summed E-state index contributed by atoms with van der Waals surface area (Å²) in [6, 6.07) is 13.5. The zero-order valence-corrected chi connectivity index (χ0v) is 25.5. The van der Waals surface area contributed by atoms with Crippen molar-refractivity contribution in [2.45, 2.75) is 58.2 Å². The highest BCUT2D eigenvalue weighted by atomic mass is 28.3. The molecule has 0 spiro atoms. The number of aromatic nitrogens is 6. The van der Waals surface area contributed by atoms with Crippen LogP contribution in [0.5, 0.6) is 0 Å². The molecule has 6 aromatic rings. The summed E-state index contributed by atoms with van der Waals surface area (Å²) in [5.41, 5.74) is 5.85. The second kappa shape index (κ2) is 12.9. The van der Waals surface area contributed by atoms with Crippen molar-refractivity contribution >= 4 is 53.9 Å². The van der Waals surface area contributed by atoms with Crippen LogP contribution in [0.4, 0.5) is 0 Å². The number of aldehydes is 2. The predicted octanol–water partition coefficient (Wildman–Crippen LogP) is 7.81. The Balaban J connectivity index is 0.000000159. The number of nitrogens with zero attached hydrogens (tertiary/aromatic N) is 4. The second-order valence-corrected chi connectivity index (χ2v) is 16.7. The molecule has 6 heterocycles. The molecule has 0 aliphatic rings. The van der Waals surface area contributed by atoms with Crippen LogP contribution < -0.4 is 0 Å². The van der Waals surface area contributed by atoms with Gasteiger partial charge in [0.1, 0.15) is 16.9 Å². The van der Waals surface area contributed by atoms with Gasteiger partial charge in [0.2, 0.25) is 0 Å². The van der Waals surface area contributed by atoms with Crippen LogP contribution in [0, 0.1) is 0 Å². The number of hydrogen-bond acceptors (Lipinski definition) is 5. The second-order valence-electron chi connectivity index (χ2n) is 11.0. The molecule has 9 heteroatoms. The Morgan fingerprint density at radius 2 is 1.29 bits per heavy atom. The molecule has 0 bridgehead atoms. The minimum Gasteiger partial charge on any atom is -0.358 e. The van der Waals surface area contributed by atoms with Gasteiger partial charge in [-0.1, -0.05) is 41.5 Å². The molecule has 6 rings (SSSR count). The fraction of sp³-hybridized carbons (Fsp3) is 0.281. The summed E-state index contributed by atoms with van der Waals surface area (Å²) < 4.78 is 2.39. The van der Waals surface area contributed by atoms with Crippen molar-refractivity contribution < 1.29 is 9.59 Å². The van der Waals surface area contributed by atoms with Gasteiger partial charge in [-0.2, -0.15) is 0 Å². The first-order valence-electron chi connectivity index (χ1n) is 13.9. The van der Waals surface area contributed by atoms with Gasteiger partial charge in [0.05, 0.1) is 0 Å². The largest absolute Gasteiger partial charge is 0.358 e. The van der Waals surface area contributed by atoms with Crippen LogP contribution >= 0.6 is 0 Å². The minimum absolute atomic E-state index is 0.578. The number of pyridine rings is 3. The molecule has 0 unspecified atom stereocenters. The van der Waals surface area contributed by atoms with E-state index in [2.05, 4.69) is 76.9 Å². The Bertz CT molecular complexity index is 1700. The van der Waals surface area contributed by atoms with Crippen molar-refractivity contribution in [2.24, 2.45) is 0 Å². The van der Waals surface area contributed by atoms with E-state index in [4.69, 9.17) is 0 Å². The van der Waals surface area contributed by atoms with Crippen molar-refractivity contribution in [1.82, 2.24) is 29.2 Å². The van der Waals surface area contributed by atoms with Crippen LogP contribution in [0.25, 0.3) is 33.1 Å². The molecular formula is C32H38N6O2Si. The standard InChI is InChI=1S/C17H26N2OSi.C8H6N2O.C7H6N2/c1-12(2)21(13(3)4,14(5)6)19-10-15(11-20)16-8-7-9-18-17(16)19;11-5-6-4-10-8-7(6)2-1-3-9-8;1-2-6-3-5-9-7(6)8-4-1/h7-14H,1-6H3;1-5H,(H,9,10);1-5H,(H,8,9). The smallest absolute Gasteiger partial charge is 0.171 e. The van der Waals surface area contributed by atoms with Crippen molar-refractivity contribution in [3.05, 3.63) is 90.8 Å². The Morgan fingerprint density at radius 1 is 0.707 bits per heavy atom. The predicted molar refractivity (Wildman–Crippen MR) is 169 cm³/mol. The van der Waals surface area contributed by atoms with Crippen molar-refractivity contribution in [3.63, 3.8) is 0 Å². The molecule has 212 valence electrons. The lowest BCUT2D eigenvalue weighted by atomic mass is 10.2. The Morgan fingerprint density at radius 3 is 1.90 bits per heavy atom. The maximum absolute atomic E-state index is 11.4. The van der Waals surface area contributed by atoms with E-state index in [-0.39, 0.29) is 0 Å². The first kappa shape index (κ1) is 29.6. The number of carbonyl (C=O) groups is 2. The number of hydrogen-bond donors (Lipinski definition) is 2. The molecule has 0 fully saturated rings. The highest BCUT2D eigenvalue weighted by molar-refractivity contribution is 6.82. The van der Waals surface area contributed by atoms with Gasteiger partial charge < -0.3 is 14.2 Å². The van der Waals surface area contributed by atoms with E-state index in [1.807, 2.05) is 54.9 Å². The van der Waals surface area contributed by atoms with Gasteiger partial charge in [-0.3, -0.25) is 9.59 Å². The maximum Gasteiger partial charge on any atom is 0.171 e. The van der Waals surface area contributed by atoms with E-state index in [1.54, 1.807) is 18.6 Å². The molecule has 0 radical (unpaired) electrons. The fourth-order valence-electron chi connectivity index (χ4n) is 6.27. The quantitative estimate of drug-likeness (QED) is 0.158. The zero-order valence-electron chi connectivity index (χ0n) is 24.5. The Labute approximate surface area is 241 Å². The number of nitrogens with one attached hydrogen (secondary N) is 2. The SMILES string of the molecule is CC(C)[Si](C(C)C)(C(C)C)n1cc(C=O)c2cccnc21.O=Cc1c[nH]c2ncccc12.c1cnc2[nH]ccc2c1. The van der Waals surface area contributed by atoms with Gasteiger partial charge in [-0.15, -0.1) is 0 Å². The van der Waals surface area contributed by atoms with Crippen LogP contribution in [-0.4, -0.2) is 50.0 Å². The zero-order chi connectivity index (χ0) is 29.6. The number of carbonyl (C=O) groups excluding carboxylic acids is 2. The monoisotopic (exact) mass is 566 g/mol. The molecule has 41 heavy (non-hydrogen) atoms. The fourth-order valence-corrected chi connectivity index (χ4v) is 12.8. The summed E-state index contributed by atoms with van der Waals surface area (Å²) in [6.07, 6.45) is 12.7. The summed E-state index contributed by atoms with van der Waals surface area (Å²) in [7, 11) is -1.87. The van der Waals surface area contributed by atoms with E-state index in [1.165, 1.54) is 0 Å². The molecule has 0 atom stereocenters. The third kappa shape index (κ3) is 5.76. The lowest BCUT2D eigenvalue weighted by molar-refractivity contribution is 0.111. The summed E-state index contributed by atoms with van der Waals surface area (Å²) >= 11 is 0. The molecule has 0 aliphatic heterocycles. The van der Waals surface area contributed by atoms with Crippen LogP contribution in [0.2, 0.25) is 16.6 Å². The van der Waals surface area contributed by atoms with Gasteiger partial charge in [0.25, 0.3) is 0 Å². The maximum atomic E-state index is 11.4. The average Bonchev–Trinajstić information content (AvgIpc) is 3.71. The first-order chi connectivity index (χ1) is 19.7. The molecule has 6 aromatic heterocycles. The van der Waals surface area contributed by atoms with E-state index in [9.17, 15) is 9.59 Å². The molecule has 0 aromatic carbocycles. The highest BCUT2D eigenvalue weighted by Gasteiger charge is 2.46. The van der Waals surface area contributed by atoms with Gasteiger partial charge in [0, 0.05) is 64.5 Å². The Kier molecular flexibility index (Phi) is 9.29. The van der Waals surface area contributed by atoms with Gasteiger partial charge in [-0.05, 0) is 59.1 Å². The van der Waals surface area contributed by atoms with Crippen molar-refractivity contribution in [3.8, 4) is 0 Å². The third-order valence-corrected chi connectivity index (χ3v) is 14.6. The molecule has 0 saturated heterocycles. The average molecular weight is 567 g/mol. The van der Waals surface area contributed by atoms with E-state index in [0.29, 0.717) is 22.2 Å². The molecule has 0 amide bonds. The lowest BCUT2D eigenvalue weighted by Crippen LogP contribution is -2.51. The number of H-pyrrole nitrogens is 2. The normalized spacial score (nSPS) is 11.5. The van der Waals surface area contributed by atoms with E-state index < -0.39 is 8.24 Å². The van der Waals surface area contributed by atoms with E-state index >= 15 is 0 Å². The summed E-state index contributed by atoms with van der Waals surface area (Å²) in [5.74, 6) is 0. The molecule has 0 saturated carbocycles. The Hall–Kier alpha value is -4.37. The highest BCUT2D eigenvalue weighted by Crippen LogP contribution is 2.44. The number of fused-ring (bicyclic) bond motifs is 3. The third-order valence-electron chi connectivity index (χ3n) is 7.84. The summed E-state index contributed by atoms with van der Waals surface area (Å²) in [5, 5.41) is 3.02. The van der Waals surface area contributed by atoms with Gasteiger partial charge >= 0.3 is 0 Å². The molecule has 2 N–H and O–H groups in total. The molecular weight excluding hydrogens is 528 g/mol. The first-order valence-corrected chi connectivity index (χ1v) is 16.1. The number of aromatic amines is 2. The van der Waals surface area contributed by atoms with Crippen LogP contribution in [0.3, 0.4) is 0 Å².